The van der Waals surface area contributed by atoms with Crippen LogP contribution in [0.5, 0.6) is 5.75 Å². The number of amides is 1. The van der Waals surface area contributed by atoms with Gasteiger partial charge in [-0.05, 0) is 41.8 Å². The summed E-state index contributed by atoms with van der Waals surface area (Å²) in [6.07, 6.45) is 6.51. The predicted molar refractivity (Wildman–Crippen MR) is 124 cm³/mol. The third kappa shape index (κ3) is 6.36. The lowest BCUT2D eigenvalue weighted by Gasteiger charge is -2.06. The molecule has 0 saturated heterocycles. The minimum atomic E-state index is -0.152. The minimum Gasteiger partial charge on any atom is -0.487 e. The molecule has 0 fully saturated rings. The summed E-state index contributed by atoms with van der Waals surface area (Å²) in [5, 5.41) is 10.0. The number of hydrogen-bond acceptors (Lipinski definition) is 6. The number of rotatable bonds is 9. The van der Waals surface area contributed by atoms with Crippen LogP contribution in [0.3, 0.4) is 0 Å². The molecule has 1 N–H and O–H groups in total. The van der Waals surface area contributed by atoms with Crippen LogP contribution in [0.15, 0.2) is 72.6 Å². The Morgan fingerprint density at radius 3 is 2.78 bits per heavy atom. The zero-order chi connectivity index (χ0) is 22.2. The largest absolute Gasteiger partial charge is 0.487 e. The van der Waals surface area contributed by atoms with Gasteiger partial charge in [-0.25, -0.2) is 14.6 Å². The van der Waals surface area contributed by atoms with E-state index in [9.17, 15) is 4.79 Å². The van der Waals surface area contributed by atoms with Gasteiger partial charge in [-0.1, -0.05) is 36.4 Å². The Labute approximate surface area is 190 Å². The summed E-state index contributed by atoms with van der Waals surface area (Å²) in [7, 11) is 0. The van der Waals surface area contributed by atoms with Crippen LogP contribution in [0.25, 0.3) is 6.08 Å². The van der Waals surface area contributed by atoms with Crippen molar-refractivity contribution in [1.29, 1.82) is 0 Å². The Morgan fingerprint density at radius 1 is 1.19 bits per heavy atom. The maximum absolute atomic E-state index is 12.2. The molecule has 32 heavy (non-hydrogen) atoms. The van der Waals surface area contributed by atoms with Crippen molar-refractivity contribution < 1.29 is 9.53 Å². The Kier molecular flexibility index (Phi) is 7.04. The molecule has 0 aliphatic rings. The van der Waals surface area contributed by atoms with Gasteiger partial charge in [0.1, 0.15) is 25.0 Å². The summed E-state index contributed by atoms with van der Waals surface area (Å²) in [6.45, 7) is 3.53. The molecular formula is C24H23N5O2S. The van der Waals surface area contributed by atoms with E-state index in [0.29, 0.717) is 19.7 Å². The van der Waals surface area contributed by atoms with Gasteiger partial charge in [0.05, 0.1) is 17.2 Å². The van der Waals surface area contributed by atoms with Gasteiger partial charge in [-0.15, -0.1) is 11.3 Å². The maximum atomic E-state index is 12.2. The lowest BCUT2D eigenvalue weighted by molar-refractivity contribution is -0.116. The monoisotopic (exact) mass is 445 g/mol. The van der Waals surface area contributed by atoms with Crippen LogP contribution in [0.4, 0.5) is 0 Å². The number of carbonyl (C=O) groups excluding carboxylic acids is 1. The van der Waals surface area contributed by atoms with Gasteiger partial charge in [0.15, 0.2) is 0 Å². The van der Waals surface area contributed by atoms with Crippen LogP contribution in [-0.4, -0.2) is 25.7 Å². The van der Waals surface area contributed by atoms with E-state index in [2.05, 4.69) is 20.4 Å². The second-order valence-corrected chi connectivity index (χ2v) is 8.24. The molecule has 4 aromatic rings. The number of aryl methyl sites for hydroxylation is 1. The van der Waals surface area contributed by atoms with Crippen LogP contribution in [0, 0.1) is 6.92 Å². The van der Waals surface area contributed by atoms with E-state index in [-0.39, 0.29) is 5.91 Å². The van der Waals surface area contributed by atoms with Crippen molar-refractivity contribution in [3.05, 3.63) is 100 Å². The Morgan fingerprint density at radius 2 is 2.03 bits per heavy atom. The van der Waals surface area contributed by atoms with Gasteiger partial charge in [0, 0.05) is 18.0 Å². The molecule has 0 aliphatic heterocycles. The third-order valence-electron chi connectivity index (χ3n) is 4.64. The average molecular weight is 446 g/mol. The Bertz CT molecular complexity index is 1180. The Balaban J connectivity index is 1.25. The fraction of sp³-hybridized carbons (Fsp3) is 0.167. The first-order valence-corrected chi connectivity index (χ1v) is 11.0. The smallest absolute Gasteiger partial charge is 0.244 e. The summed E-state index contributed by atoms with van der Waals surface area (Å²) in [6, 6.07) is 15.7. The quantitative estimate of drug-likeness (QED) is 0.394. The van der Waals surface area contributed by atoms with E-state index >= 15 is 0 Å². The van der Waals surface area contributed by atoms with Crippen LogP contribution in [0.2, 0.25) is 0 Å². The van der Waals surface area contributed by atoms with Crippen LogP contribution in [0.1, 0.15) is 27.4 Å². The van der Waals surface area contributed by atoms with Crippen molar-refractivity contribution in [2.75, 3.05) is 0 Å². The van der Waals surface area contributed by atoms with E-state index in [0.717, 1.165) is 33.1 Å². The van der Waals surface area contributed by atoms with Gasteiger partial charge < -0.3 is 10.1 Å². The zero-order valence-electron chi connectivity index (χ0n) is 17.6. The molecule has 0 saturated carbocycles. The molecule has 0 bridgehead atoms. The summed E-state index contributed by atoms with van der Waals surface area (Å²) in [4.78, 5) is 20.5. The molecule has 2 aromatic carbocycles. The SMILES string of the molecule is Cc1nc(COc2cccc(/C=C/C(=O)NCc3ccc(Cn4cncn4)cc3)c2)cs1. The Hall–Kier alpha value is -3.78. The van der Waals surface area contributed by atoms with Gasteiger partial charge in [-0.3, -0.25) is 4.79 Å². The highest BCUT2D eigenvalue weighted by Gasteiger charge is 2.02. The summed E-state index contributed by atoms with van der Waals surface area (Å²) >= 11 is 1.61. The maximum Gasteiger partial charge on any atom is 0.244 e. The molecular weight excluding hydrogens is 422 g/mol. The zero-order valence-corrected chi connectivity index (χ0v) is 18.5. The average Bonchev–Trinajstić information content (AvgIpc) is 3.48. The van der Waals surface area contributed by atoms with Gasteiger partial charge >= 0.3 is 0 Å². The van der Waals surface area contributed by atoms with E-state index < -0.39 is 0 Å². The molecule has 7 nitrogen and oxygen atoms in total. The number of carbonyl (C=O) groups is 1. The van der Waals surface area contributed by atoms with E-state index in [4.69, 9.17) is 4.74 Å². The predicted octanol–water partition coefficient (Wildman–Crippen LogP) is 4.00. The summed E-state index contributed by atoms with van der Waals surface area (Å²) in [5.41, 5.74) is 3.96. The van der Waals surface area contributed by atoms with Crippen molar-refractivity contribution in [1.82, 2.24) is 25.1 Å². The van der Waals surface area contributed by atoms with Gasteiger partial charge in [0.2, 0.25) is 5.91 Å². The van der Waals surface area contributed by atoms with Crippen LogP contribution >= 0.6 is 11.3 Å². The molecule has 0 aliphatic carbocycles. The first-order chi connectivity index (χ1) is 15.6. The fourth-order valence-corrected chi connectivity index (χ4v) is 3.62. The molecule has 0 radical (unpaired) electrons. The number of benzene rings is 2. The molecule has 162 valence electrons. The fourth-order valence-electron chi connectivity index (χ4n) is 3.02. The van der Waals surface area contributed by atoms with Crippen molar-refractivity contribution in [2.24, 2.45) is 0 Å². The minimum absolute atomic E-state index is 0.152. The van der Waals surface area contributed by atoms with Crippen LogP contribution < -0.4 is 10.1 Å². The molecule has 2 aromatic heterocycles. The number of nitrogens with zero attached hydrogens (tertiary/aromatic N) is 4. The van der Waals surface area contributed by atoms with Crippen molar-refractivity contribution >= 4 is 23.3 Å². The molecule has 0 spiro atoms. The third-order valence-corrected chi connectivity index (χ3v) is 5.46. The number of aromatic nitrogens is 4. The number of thiazole rings is 1. The molecule has 1 amide bonds. The lowest BCUT2D eigenvalue weighted by Crippen LogP contribution is -2.20. The number of ether oxygens (including phenoxy) is 1. The van der Waals surface area contributed by atoms with Crippen molar-refractivity contribution in [3.8, 4) is 5.75 Å². The number of hydrogen-bond donors (Lipinski definition) is 1. The van der Waals surface area contributed by atoms with E-state index in [1.54, 1.807) is 28.4 Å². The molecule has 4 rings (SSSR count). The molecule has 0 unspecified atom stereocenters. The topological polar surface area (TPSA) is 81.9 Å². The normalized spacial score (nSPS) is 11.0. The lowest BCUT2D eigenvalue weighted by atomic mass is 10.1. The standard InChI is InChI=1S/C24H23N5O2S/c1-18-28-22(15-32-18)14-31-23-4-2-3-19(11-23)9-10-24(30)26-12-20-5-7-21(8-6-20)13-29-17-25-16-27-29/h2-11,15-17H,12-14H2,1H3,(H,26,30)/b10-9+. The first kappa shape index (κ1) is 21.5. The summed E-state index contributed by atoms with van der Waals surface area (Å²) in [5.74, 6) is 0.588. The second-order valence-electron chi connectivity index (χ2n) is 7.18. The van der Waals surface area contributed by atoms with E-state index in [1.807, 2.05) is 60.8 Å². The highest BCUT2D eigenvalue weighted by Crippen LogP contribution is 2.17. The van der Waals surface area contributed by atoms with Crippen LogP contribution in [-0.2, 0) is 24.5 Å². The number of nitrogens with one attached hydrogen (secondary N) is 1. The highest BCUT2D eigenvalue weighted by molar-refractivity contribution is 7.09. The summed E-state index contributed by atoms with van der Waals surface area (Å²) < 4.78 is 7.57. The highest BCUT2D eigenvalue weighted by atomic mass is 32.1. The van der Waals surface area contributed by atoms with E-state index in [1.165, 1.54) is 12.4 Å². The van der Waals surface area contributed by atoms with Gasteiger partial charge in [0.25, 0.3) is 0 Å². The van der Waals surface area contributed by atoms with Crippen molar-refractivity contribution in [3.63, 3.8) is 0 Å². The molecule has 0 atom stereocenters. The van der Waals surface area contributed by atoms with Gasteiger partial charge in [-0.2, -0.15) is 5.10 Å². The van der Waals surface area contributed by atoms with Crippen molar-refractivity contribution in [2.45, 2.75) is 26.6 Å². The second kappa shape index (κ2) is 10.5. The molecule has 2 heterocycles. The molecule has 8 heteroatoms. The first-order valence-electron chi connectivity index (χ1n) is 10.1.